The highest BCUT2D eigenvalue weighted by molar-refractivity contribution is 4.81. The van der Waals surface area contributed by atoms with E-state index in [0.29, 0.717) is 17.3 Å². The summed E-state index contributed by atoms with van der Waals surface area (Å²) in [5.41, 5.74) is 0.474. The summed E-state index contributed by atoms with van der Waals surface area (Å²) in [6.45, 7) is 16.7. The van der Waals surface area contributed by atoms with Crippen molar-refractivity contribution in [2.45, 2.75) is 80.1 Å². The molecule has 1 aliphatic heterocycles. The lowest BCUT2D eigenvalue weighted by Crippen LogP contribution is -2.53. The number of hydroxylamine groups is 3. The molecule has 0 bridgehead atoms. The molecule has 4 atom stereocenters. The second kappa shape index (κ2) is 7.44. The summed E-state index contributed by atoms with van der Waals surface area (Å²) in [6, 6.07) is 0. The molecule has 2 rings (SSSR count). The van der Waals surface area contributed by atoms with Crippen molar-refractivity contribution in [1.82, 2.24) is 0 Å². The van der Waals surface area contributed by atoms with Crippen LogP contribution in [0.15, 0.2) is 0 Å². The van der Waals surface area contributed by atoms with Crippen LogP contribution in [0.2, 0.25) is 0 Å². The van der Waals surface area contributed by atoms with Crippen LogP contribution in [0.5, 0.6) is 0 Å². The molecule has 23 heavy (non-hydrogen) atoms. The van der Waals surface area contributed by atoms with Crippen LogP contribution >= 0.6 is 0 Å². The van der Waals surface area contributed by atoms with Gasteiger partial charge < -0.3 is 9.85 Å². The van der Waals surface area contributed by atoms with Crippen molar-refractivity contribution in [3.8, 4) is 0 Å². The first-order valence-corrected chi connectivity index (χ1v) is 10.2. The van der Waals surface area contributed by atoms with E-state index in [1.807, 2.05) is 0 Å². The van der Waals surface area contributed by atoms with E-state index in [1.165, 1.54) is 32.1 Å². The number of likely N-dealkylation sites (tertiary alicyclic amines) is 1. The molecule has 0 amide bonds. The summed E-state index contributed by atoms with van der Waals surface area (Å²) in [4.78, 5) is 0. The zero-order valence-electron chi connectivity index (χ0n) is 16.6. The van der Waals surface area contributed by atoms with Gasteiger partial charge >= 0.3 is 0 Å². The van der Waals surface area contributed by atoms with Gasteiger partial charge in [0.15, 0.2) is 0 Å². The Balaban J connectivity index is 1.76. The Kier molecular flexibility index (Phi) is 6.22. The first-order valence-electron chi connectivity index (χ1n) is 10.2. The summed E-state index contributed by atoms with van der Waals surface area (Å²) in [5, 5.41) is 13.1. The SMILES string of the molecule is CC(CC1CCC(C(C)(C)C)CC1)C[N+]1([O-])CCC(C)C(C)C1. The lowest BCUT2D eigenvalue weighted by molar-refractivity contribution is -0.893. The number of rotatable bonds is 4. The van der Waals surface area contributed by atoms with Gasteiger partial charge in [-0.05, 0) is 48.9 Å². The second-order valence-electron chi connectivity index (χ2n) is 10.3. The van der Waals surface area contributed by atoms with Crippen LogP contribution in [0, 0.1) is 40.2 Å². The lowest BCUT2D eigenvalue weighted by Gasteiger charge is -2.51. The third-order valence-electron chi connectivity index (χ3n) is 7.04. The first-order chi connectivity index (χ1) is 10.6. The van der Waals surface area contributed by atoms with Gasteiger partial charge in [-0.3, -0.25) is 0 Å². The van der Waals surface area contributed by atoms with Gasteiger partial charge in [-0.1, -0.05) is 54.4 Å². The normalized spacial score (nSPS) is 40.8. The Bertz CT molecular complexity index is 367. The molecule has 1 heterocycles. The smallest absolute Gasteiger partial charge is 0.0812 e. The van der Waals surface area contributed by atoms with E-state index in [-0.39, 0.29) is 4.65 Å². The largest absolute Gasteiger partial charge is 0.633 e. The highest BCUT2D eigenvalue weighted by Crippen LogP contribution is 2.41. The van der Waals surface area contributed by atoms with Gasteiger partial charge in [-0.2, -0.15) is 0 Å². The average molecular weight is 324 g/mol. The molecule has 136 valence electrons. The Morgan fingerprint density at radius 1 is 1.00 bits per heavy atom. The quantitative estimate of drug-likeness (QED) is 0.469. The maximum Gasteiger partial charge on any atom is 0.0812 e. The van der Waals surface area contributed by atoms with Crippen LogP contribution < -0.4 is 0 Å². The van der Waals surface area contributed by atoms with E-state index in [9.17, 15) is 5.21 Å². The maximum absolute atomic E-state index is 13.1. The van der Waals surface area contributed by atoms with E-state index in [2.05, 4.69) is 41.5 Å². The summed E-state index contributed by atoms with van der Waals surface area (Å²) in [5.74, 6) is 3.69. The fourth-order valence-electron chi connectivity index (χ4n) is 5.16. The van der Waals surface area contributed by atoms with Gasteiger partial charge in [-0.25, -0.2) is 0 Å². The zero-order chi connectivity index (χ0) is 17.3. The summed E-state index contributed by atoms with van der Waals surface area (Å²) in [7, 11) is 0. The molecule has 2 aliphatic rings. The molecule has 0 N–H and O–H groups in total. The molecule has 1 saturated carbocycles. The van der Waals surface area contributed by atoms with Crippen molar-refractivity contribution >= 4 is 0 Å². The van der Waals surface area contributed by atoms with Crippen molar-refractivity contribution in [3.05, 3.63) is 5.21 Å². The number of quaternary nitrogens is 1. The fraction of sp³-hybridized carbons (Fsp3) is 1.00. The van der Waals surface area contributed by atoms with Crippen molar-refractivity contribution < 1.29 is 4.65 Å². The zero-order valence-corrected chi connectivity index (χ0v) is 16.6. The van der Waals surface area contributed by atoms with Gasteiger partial charge in [0.05, 0.1) is 19.6 Å². The van der Waals surface area contributed by atoms with Crippen LogP contribution in [0.25, 0.3) is 0 Å². The highest BCUT2D eigenvalue weighted by Gasteiger charge is 2.33. The topological polar surface area (TPSA) is 23.1 Å². The standard InChI is InChI=1S/C21H41NO/c1-16(14-22(23)12-11-17(2)18(3)15-22)13-19-7-9-20(10-8-19)21(4,5)6/h16-20H,7-15H2,1-6H3. The monoisotopic (exact) mass is 323 g/mol. The molecule has 0 aromatic rings. The highest BCUT2D eigenvalue weighted by atomic mass is 16.5. The van der Waals surface area contributed by atoms with Gasteiger partial charge in [0.25, 0.3) is 0 Å². The maximum atomic E-state index is 13.1. The average Bonchev–Trinajstić information content (AvgIpc) is 2.42. The number of piperidine rings is 1. The summed E-state index contributed by atoms with van der Waals surface area (Å²) in [6.07, 6.45) is 7.97. The van der Waals surface area contributed by atoms with Crippen molar-refractivity contribution in [2.75, 3.05) is 19.6 Å². The number of hydrogen-bond acceptors (Lipinski definition) is 1. The molecule has 1 saturated heterocycles. The van der Waals surface area contributed by atoms with Gasteiger partial charge in [0.1, 0.15) is 0 Å². The second-order valence-corrected chi connectivity index (χ2v) is 10.3. The molecule has 2 heteroatoms. The Hall–Kier alpha value is -0.0800. The molecule has 2 nitrogen and oxygen atoms in total. The number of hydrogen-bond donors (Lipinski definition) is 0. The summed E-state index contributed by atoms with van der Waals surface area (Å²) < 4.78 is 0.0873. The minimum atomic E-state index is 0.0873. The Labute approximate surface area is 145 Å². The minimum Gasteiger partial charge on any atom is -0.633 e. The minimum absolute atomic E-state index is 0.0873. The van der Waals surface area contributed by atoms with Crippen molar-refractivity contribution in [2.24, 2.45) is 35.0 Å². The van der Waals surface area contributed by atoms with Crippen LogP contribution in [0.3, 0.4) is 0 Å². The lowest BCUT2D eigenvalue weighted by atomic mass is 9.68. The van der Waals surface area contributed by atoms with Crippen LogP contribution in [-0.4, -0.2) is 24.3 Å². The molecular formula is C21H41NO. The molecule has 0 radical (unpaired) electrons. The van der Waals surface area contributed by atoms with E-state index in [1.54, 1.807) is 0 Å². The number of nitrogens with zero attached hydrogens (tertiary/aromatic N) is 1. The van der Waals surface area contributed by atoms with Gasteiger partial charge in [0, 0.05) is 11.8 Å². The summed E-state index contributed by atoms with van der Waals surface area (Å²) >= 11 is 0. The fourth-order valence-corrected chi connectivity index (χ4v) is 5.16. The van der Waals surface area contributed by atoms with Crippen molar-refractivity contribution in [3.63, 3.8) is 0 Å². The van der Waals surface area contributed by atoms with Gasteiger partial charge in [0.2, 0.25) is 0 Å². The third-order valence-corrected chi connectivity index (χ3v) is 7.04. The van der Waals surface area contributed by atoms with Crippen molar-refractivity contribution in [1.29, 1.82) is 0 Å². The van der Waals surface area contributed by atoms with E-state index in [4.69, 9.17) is 0 Å². The van der Waals surface area contributed by atoms with E-state index >= 15 is 0 Å². The van der Waals surface area contributed by atoms with E-state index in [0.717, 1.165) is 43.8 Å². The molecule has 2 fully saturated rings. The first kappa shape index (κ1) is 19.2. The molecular weight excluding hydrogens is 282 g/mol. The molecule has 1 aliphatic carbocycles. The van der Waals surface area contributed by atoms with Crippen LogP contribution in [0.4, 0.5) is 0 Å². The van der Waals surface area contributed by atoms with Crippen LogP contribution in [-0.2, 0) is 0 Å². The third kappa shape index (κ3) is 5.46. The molecule has 0 aromatic carbocycles. The van der Waals surface area contributed by atoms with E-state index < -0.39 is 0 Å². The van der Waals surface area contributed by atoms with Crippen LogP contribution in [0.1, 0.15) is 80.1 Å². The molecule has 0 aromatic heterocycles. The van der Waals surface area contributed by atoms with Gasteiger partial charge in [-0.15, -0.1) is 0 Å². The molecule has 0 spiro atoms. The predicted molar refractivity (Wildman–Crippen MR) is 99.9 cm³/mol. The Morgan fingerprint density at radius 3 is 2.13 bits per heavy atom. The molecule has 4 unspecified atom stereocenters. The Morgan fingerprint density at radius 2 is 1.61 bits per heavy atom. The predicted octanol–water partition coefficient (Wildman–Crippen LogP) is 5.86.